The molecule has 1 aliphatic rings. The molecule has 10 heteroatoms. The summed E-state index contributed by atoms with van der Waals surface area (Å²) in [6, 6.07) is 8.14. The quantitative estimate of drug-likeness (QED) is 0.359. The standard InChI is InChI=1S/C24H27Cl2F4N3O/c1-32(12-15-5-7-18(21(27)10-15)24(28,29)30)22-14-33(23(34)4-2-3-9-31)13-17(22)16-6-8-19(25)20(26)11-16/h5-8,10-11,17,22H,2-4,9,12-14,31H2,1H3/t17-,22-/m1/s1. The number of nitrogens with zero attached hydrogens (tertiary/aromatic N) is 2. The van der Waals surface area contributed by atoms with E-state index in [4.69, 9.17) is 28.9 Å². The number of carbonyl (C=O) groups is 1. The van der Waals surface area contributed by atoms with Gasteiger partial charge >= 0.3 is 6.18 Å². The molecule has 1 saturated heterocycles. The molecule has 3 rings (SSSR count). The number of amides is 1. The van der Waals surface area contributed by atoms with Crippen LogP contribution in [0.1, 0.15) is 41.9 Å². The van der Waals surface area contributed by atoms with Crippen molar-refractivity contribution >= 4 is 29.1 Å². The molecule has 2 aromatic carbocycles. The van der Waals surface area contributed by atoms with E-state index in [1.165, 1.54) is 6.07 Å². The van der Waals surface area contributed by atoms with E-state index in [0.29, 0.717) is 48.1 Å². The Balaban J connectivity index is 1.82. The van der Waals surface area contributed by atoms with E-state index in [1.807, 2.05) is 18.0 Å². The van der Waals surface area contributed by atoms with E-state index < -0.39 is 17.6 Å². The molecule has 2 N–H and O–H groups in total. The molecule has 0 aliphatic carbocycles. The second-order valence-corrected chi connectivity index (χ2v) is 9.43. The highest BCUT2D eigenvalue weighted by molar-refractivity contribution is 6.42. The van der Waals surface area contributed by atoms with Gasteiger partial charge in [0.15, 0.2) is 0 Å². The molecule has 0 radical (unpaired) electrons. The van der Waals surface area contributed by atoms with Crippen LogP contribution in [0.4, 0.5) is 17.6 Å². The minimum absolute atomic E-state index is 0.0231. The maximum Gasteiger partial charge on any atom is 0.419 e. The molecule has 2 aromatic rings. The van der Waals surface area contributed by atoms with Crippen LogP contribution >= 0.6 is 23.2 Å². The first-order valence-corrected chi connectivity index (χ1v) is 11.8. The Bertz CT molecular complexity index is 1020. The highest BCUT2D eigenvalue weighted by Crippen LogP contribution is 2.36. The molecule has 34 heavy (non-hydrogen) atoms. The van der Waals surface area contributed by atoms with Crippen molar-refractivity contribution in [3.05, 3.63) is 69.0 Å². The van der Waals surface area contributed by atoms with Gasteiger partial charge in [0, 0.05) is 38.0 Å². The Labute approximate surface area is 206 Å². The third-order valence-electron chi connectivity index (χ3n) is 6.20. The van der Waals surface area contributed by atoms with Gasteiger partial charge in [0.05, 0.1) is 15.6 Å². The summed E-state index contributed by atoms with van der Waals surface area (Å²) in [6.45, 7) is 1.64. The number of hydrogen-bond acceptors (Lipinski definition) is 3. The van der Waals surface area contributed by atoms with Gasteiger partial charge in [-0.25, -0.2) is 4.39 Å². The molecule has 186 valence electrons. The fourth-order valence-corrected chi connectivity index (χ4v) is 4.68. The summed E-state index contributed by atoms with van der Waals surface area (Å²) in [6.07, 6.45) is -2.89. The highest BCUT2D eigenvalue weighted by atomic mass is 35.5. The zero-order chi connectivity index (χ0) is 25.0. The molecule has 0 spiro atoms. The lowest BCUT2D eigenvalue weighted by Crippen LogP contribution is -2.38. The van der Waals surface area contributed by atoms with Crippen LogP contribution in [0.25, 0.3) is 0 Å². The first kappa shape index (κ1) is 26.7. The SMILES string of the molecule is CN(Cc1ccc(C(F)(F)F)c(F)c1)[C@@H]1CN(C(=O)CCCCN)C[C@@H]1c1ccc(Cl)c(Cl)c1. The minimum Gasteiger partial charge on any atom is -0.340 e. The number of alkyl halides is 3. The number of nitrogens with two attached hydrogens (primary N) is 1. The summed E-state index contributed by atoms with van der Waals surface area (Å²) >= 11 is 12.3. The van der Waals surface area contributed by atoms with Crippen LogP contribution in [-0.2, 0) is 17.5 Å². The van der Waals surface area contributed by atoms with E-state index in [9.17, 15) is 22.4 Å². The molecular formula is C24H27Cl2F4N3O. The van der Waals surface area contributed by atoms with Gasteiger partial charge in [-0.1, -0.05) is 35.3 Å². The van der Waals surface area contributed by atoms with Crippen LogP contribution < -0.4 is 5.73 Å². The summed E-state index contributed by atoms with van der Waals surface area (Å²) in [5.74, 6) is -1.38. The molecule has 0 saturated carbocycles. The van der Waals surface area contributed by atoms with Gasteiger partial charge in [0.25, 0.3) is 0 Å². The monoisotopic (exact) mass is 519 g/mol. The van der Waals surface area contributed by atoms with Crippen LogP contribution in [-0.4, -0.2) is 48.4 Å². The molecule has 4 nitrogen and oxygen atoms in total. The number of benzene rings is 2. The summed E-state index contributed by atoms with van der Waals surface area (Å²) in [5, 5.41) is 0.821. The van der Waals surface area contributed by atoms with Crippen molar-refractivity contribution in [2.45, 2.75) is 43.9 Å². The normalized spacial score (nSPS) is 18.7. The Morgan fingerprint density at radius 2 is 1.85 bits per heavy atom. The lowest BCUT2D eigenvalue weighted by Gasteiger charge is -2.29. The maximum atomic E-state index is 14.1. The molecule has 0 unspecified atom stereocenters. The number of unbranched alkanes of at least 4 members (excludes halogenated alkanes) is 1. The Kier molecular flexibility index (Phi) is 8.84. The second kappa shape index (κ2) is 11.2. The first-order chi connectivity index (χ1) is 16.0. The summed E-state index contributed by atoms with van der Waals surface area (Å²) < 4.78 is 52.8. The van der Waals surface area contributed by atoms with Crippen molar-refractivity contribution < 1.29 is 22.4 Å². The zero-order valence-corrected chi connectivity index (χ0v) is 20.2. The van der Waals surface area contributed by atoms with Gasteiger partial charge in [-0.05, 0) is 61.8 Å². The third-order valence-corrected chi connectivity index (χ3v) is 6.93. The van der Waals surface area contributed by atoms with E-state index in [1.54, 1.807) is 17.0 Å². The van der Waals surface area contributed by atoms with Gasteiger partial charge in [-0.2, -0.15) is 13.2 Å². The van der Waals surface area contributed by atoms with Gasteiger partial charge < -0.3 is 10.6 Å². The average molecular weight is 520 g/mol. The van der Waals surface area contributed by atoms with Gasteiger partial charge in [-0.3, -0.25) is 9.69 Å². The first-order valence-electron chi connectivity index (χ1n) is 11.0. The fraction of sp³-hybridized carbons (Fsp3) is 0.458. The average Bonchev–Trinajstić information content (AvgIpc) is 3.21. The van der Waals surface area contributed by atoms with Crippen molar-refractivity contribution in [2.24, 2.45) is 5.73 Å². The van der Waals surface area contributed by atoms with Crippen LogP contribution in [0.3, 0.4) is 0 Å². The van der Waals surface area contributed by atoms with Crippen molar-refractivity contribution in [1.29, 1.82) is 0 Å². The molecule has 0 bridgehead atoms. The number of rotatable bonds is 8. The van der Waals surface area contributed by atoms with Gasteiger partial charge in [0.1, 0.15) is 5.82 Å². The summed E-state index contributed by atoms with van der Waals surface area (Å²) in [4.78, 5) is 16.5. The fourth-order valence-electron chi connectivity index (χ4n) is 4.38. The summed E-state index contributed by atoms with van der Waals surface area (Å²) in [5.41, 5.74) is 5.55. The number of likely N-dealkylation sites (N-methyl/N-ethyl adjacent to an activating group) is 1. The minimum atomic E-state index is -4.75. The molecule has 0 aromatic heterocycles. The molecule has 1 amide bonds. The molecule has 1 aliphatic heterocycles. The van der Waals surface area contributed by atoms with Crippen LogP contribution in [0, 0.1) is 5.82 Å². The number of hydrogen-bond donors (Lipinski definition) is 1. The van der Waals surface area contributed by atoms with Crippen LogP contribution in [0.15, 0.2) is 36.4 Å². The van der Waals surface area contributed by atoms with Crippen molar-refractivity contribution in [1.82, 2.24) is 9.80 Å². The van der Waals surface area contributed by atoms with Gasteiger partial charge in [0.2, 0.25) is 5.91 Å². The largest absolute Gasteiger partial charge is 0.419 e. The van der Waals surface area contributed by atoms with Crippen molar-refractivity contribution in [3.63, 3.8) is 0 Å². The number of halogens is 6. The van der Waals surface area contributed by atoms with E-state index in [-0.39, 0.29) is 24.4 Å². The Hall–Kier alpha value is -1.87. The van der Waals surface area contributed by atoms with E-state index >= 15 is 0 Å². The maximum absolute atomic E-state index is 14.1. The third kappa shape index (κ3) is 6.42. The Morgan fingerprint density at radius 1 is 1.12 bits per heavy atom. The number of likely N-dealkylation sites (tertiary alicyclic amines) is 1. The predicted molar refractivity (Wildman–Crippen MR) is 125 cm³/mol. The van der Waals surface area contributed by atoms with E-state index in [2.05, 4.69) is 0 Å². The molecule has 1 fully saturated rings. The Morgan fingerprint density at radius 3 is 2.47 bits per heavy atom. The zero-order valence-electron chi connectivity index (χ0n) is 18.7. The molecule has 2 atom stereocenters. The van der Waals surface area contributed by atoms with Crippen molar-refractivity contribution in [3.8, 4) is 0 Å². The van der Waals surface area contributed by atoms with Crippen LogP contribution in [0.5, 0.6) is 0 Å². The lowest BCUT2D eigenvalue weighted by atomic mass is 9.93. The molecule has 1 heterocycles. The molecular weight excluding hydrogens is 493 g/mol. The van der Waals surface area contributed by atoms with E-state index in [0.717, 1.165) is 24.1 Å². The number of carbonyl (C=O) groups excluding carboxylic acids is 1. The topological polar surface area (TPSA) is 49.6 Å². The second-order valence-electron chi connectivity index (χ2n) is 8.62. The summed E-state index contributed by atoms with van der Waals surface area (Å²) in [7, 11) is 1.81. The predicted octanol–water partition coefficient (Wildman–Crippen LogP) is 5.71. The smallest absolute Gasteiger partial charge is 0.340 e. The highest BCUT2D eigenvalue weighted by Gasteiger charge is 2.39. The lowest BCUT2D eigenvalue weighted by molar-refractivity contribution is -0.140. The van der Waals surface area contributed by atoms with Crippen LogP contribution in [0.2, 0.25) is 10.0 Å². The van der Waals surface area contributed by atoms with Crippen molar-refractivity contribution in [2.75, 3.05) is 26.7 Å². The van der Waals surface area contributed by atoms with Gasteiger partial charge in [-0.15, -0.1) is 0 Å².